The Morgan fingerprint density at radius 3 is 2.62 bits per heavy atom. The zero-order chi connectivity index (χ0) is 27.9. The second-order valence-corrected chi connectivity index (χ2v) is 10.3. The van der Waals surface area contributed by atoms with Crippen LogP contribution in [0.5, 0.6) is 0 Å². The van der Waals surface area contributed by atoms with Gasteiger partial charge in [-0.25, -0.2) is 4.79 Å². The Morgan fingerprint density at radius 1 is 1.08 bits per heavy atom. The monoisotopic (exact) mass is 590 g/mol. The summed E-state index contributed by atoms with van der Waals surface area (Å²) in [6.07, 6.45) is 1.93. The smallest absolute Gasteiger partial charge is 0.411 e. The molecule has 0 bridgehead atoms. The fourth-order valence-electron chi connectivity index (χ4n) is 4.52. The first-order chi connectivity index (χ1) is 18.8. The summed E-state index contributed by atoms with van der Waals surface area (Å²) in [6.45, 7) is 4.83. The molecular formula is C30H31BrN4O4. The van der Waals surface area contributed by atoms with Gasteiger partial charge in [-0.1, -0.05) is 47.1 Å². The number of ether oxygens (including phenoxy) is 1. The molecule has 0 radical (unpaired) electrons. The van der Waals surface area contributed by atoms with E-state index in [1.54, 1.807) is 12.3 Å². The average molecular weight is 592 g/mol. The van der Waals surface area contributed by atoms with Crippen molar-refractivity contribution in [3.63, 3.8) is 0 Å². The summed E-state index contributed by atoms with van der Waals surface area (Å²) in [7, 11) is 1.86. The predicted molar refractivity (Wildman–Crippen MR) is 158 cm³/mol. The summed E-state index contributed by atoms with van der Waals surface area (Å²) >= 11 is 3.51. The number of amides is 1. The fraction of sp³-hybridized carbons (Fsp3) is 0.233. The molecule has 4 rings (SSSR count). The van der Waals surface area contributed by atoms with E-state index in [4.69, 9.17) is 4.74 Å². The molecule has 4 aromatic rings. The summed E-state index contributed by atoms with van der Waals surface area (Å²) in [5, 5.41) is 10.5. The van der Waals surface area contributed by atoms with E-state index >= 15 is 0 Å². The molecule has 0 saturated carbocycles. The largest absolute Gasteiger partial charge is 0.449 e. The maximum Gasteiger partial charge on any atom is 0.411 e. The second kappa shape index (κ2) is 12.7. The van der Waals surface area contributed by atoms with Gasteiger partial charge in [0.15, 0.2) is 0 Å². The normalized spacial score (nSPS) is 12.5. The van der Waals surface area contributed by atoms with E-state index in [0.717, 1.165) is 38.4 Å². The minimum atomic E-state index is -0.589. The van der Waals surface area contributed by atoms with Gasteiger partial charge in [0.05, 0.1) is 6.61 Å². The first-order valence-electron chi connectivity index (χ1n) is 12.6. The lowest BCUT2D eigenvalue weighted by molar-refractivity contribution is -0.108. The van der Waals surface area contributed by atoms with Crippen LogP contribution in [0.25, 0.3) is 10.8 Å². The van der Waals surface area contributed by atoms with E-state index in [9.17, 15) is 14.4 Å². The molecule has 1 unspecified atom stereocenters. The first-order valence-corrected chi connectivity index (χ1v) is 13.4. The van der Waals surface area contributed by atoms with Crippen molar-refractivity contribution >= 4 is 50.5 Å². The highest BCUT2D eigenvalue weighted by molar-refractivity contribution is 9.10. The molecule has 0 fully saturated rings. The van der Waals surface area contributed by atoms with Gasteiger partial charge in [-0.3, -0.25) is 10.1 Å². The standard InChI is InChI=1S/C30H31BrN4O4/c1-18-12-21(28(16-36)34-24-6-4-20-10-11-33-29(37)26(20)14-24)5-8-25(18)19(2)17-39-30(38)35-23-7-9-27(31)22(13-23)15-32-3/h4-14,16,19,28,32,34H,15,17H2,1-3H3,(H,33,37)(H,35,38)/t19-,28?/m0/s1. The van der Waals surface area contributed by atoms with Crippen LogP contribution in [0.3, 0.4) is 0 Å². The van der Waals surface area contributed by atoms with E-state index < -0.39 is 12.1 Å². The Hall–Kier alpha value is -3.95. The number of aromatic nitrogens is 1. The van der Waals surface area contributed by atoms with E-state index in [1.165, 1.54) is 0 Å². The van der Waals surface area contributed by atoms with Gasteiger partial charge in [-0.05, 0) is 78.0 Å². The van der Waals surface area contributed by atoms with Crippen molar-refractivity contribution in [1.29, 1.82) is 0 Å². The highest BCUT2D eigenvalue weighted by Crippen LogP contribution is 2.27. The number of H-pyrrole nitrogens is 1. The zero-order valence-electron chi connectivity index (χ0n) is 22.0. The van der Waals surface area contributed by atoms with Gasteiger partial charge in [0.25, 0.3) is 5.56 Å². The zero-order valence-corrected chi connectivity index (χ0v) is 23.6. The SMILES string of the molecule is CNCc1cc(NC(=O)OC[C@H](C)c2ccc(C(C=O)Nc3ccc4cc[nH]c(=O)c4c3)cc2C)ccc1Br. The van der Waals surface area contributed by atoms with Crippen molar-refractivity contribution in [2.45, 2.75) is 32.4 Å². The number of fused-ring (bicyclic) bond motifs is 1. The third kappa shape index (κ3) is 6.93. The van der Waals surface area contributed by atoms with Crippen LogP contribution < -0.4 is 21.5 Å². The van der Waals surface area contributed by atoms with Crippen LogP contribution in [0.1, 0.15) is 41.1 Å². The topological polar surface area (TPSA) is 112 Å². The Bertz CT molecular complexity index is 1550. The minimum Gasteiger partial charge on any atom is -0.449 e. The number of aryl methyl sites for hydroxylation is 1. The second-order valence-electron chi connectivity index (χ2n) is 9.44. The molecule has 0 aliphatic rings. The van der Waals surface area contributed by atoms with Crippen LogP contribution >= 0.6 is 15.9 Å². The van der Waals surface area contributed by atoms with Gasteiger partial charge in [0, 0.05) is 39.9 Å². The lowest BCUT2D eigenvalue weighted by Gasteiger charge is -2.19. The molecule has 0 aliphatic carbocycles. The molecule has 1 amide bonds. The summed E-state index contributed by atoms with van der Waals surface area (Å²) < 4.78 is 6.46. The number of pyridine rings is 1. The molecule has 202 valence electrons. The molecule has 0 aliphatic heterocycles. The van der Waals surface area contributed by atoms with Gasteiger partial charge in [0.2, 0.25) is 0 Å². The molecule has 8 nitrogen and oxygen atoms in total. The van der Waals surface area contributed by atoms with Gasteiger partial charge >= 0.3 is 6.09 Å². The van der Waals surface area contributed by atoms with Crippen molar-refractivity contribution in [3.8, 4) is 0 Å². The third-order valence-corrected chi connectivity index (χ3v) is 7.31. The first kappa shape index (κ1) is 28.1. The Kier molecular flexibility index (Phi) is 9.16. The number of aromatic amines is 1. The molecule has 0 saturated heterocycles. The maximum atomic E-state index is 12.4. The summed E-state index contributed by atoms with van der Waals surface area (Å²) in [4.78, 5) is 39.2. The lowest BCUT2D eigenvalue weighted by atomic mass is 9.93. The molecule has 0 spiro atoms. The van der Waals surface area contributed by atoms with Gasteiger partial charge in [-0.2, -0.15) is 0 Å². The predicted octanol–water partition coefficient (Wildman–Crippen LogP) is 6.02. The minimum absolute atomic E-state index is 0.0515. The fourth-order valence-corrected chi connectivity index (χ4v) is 4.90. The molecule has 2 atom stereocenters. The number of benzene rings is 3. The van der Waals surface area contributed by atoms with E-state index in [0.29, 0.717) is 23.3 Å². The highest BCUT2D eigenvalue weighted by atomic mass is 79.9. The molecule has 9 heteroatoms. The van der Waals surface area contributed by atoms with Crippen LogP contribution in [0.2, 0.25) is 0 Å². The maximum absolute atomic E-state index is 12.4. The van der Waals surface area contributed by atoms with Crippen molar-refractivity contribution in [3.05, 3.63) is 104 Å². The molecule has 4 N–H and O–H groups in total. The number of aldehydes is 1. The van der Waals surface area contributed by atoms with Crippen molar-refractivity contribution in [2.24, 2.45) is 0 Å². The van der Waals surface area contributed by atoms with E-state index in [-0.39, 0.29) is 18.1 Å². The highest BCUT2D eigenvalue weighted by Gasteiger charge is 2.16. The molecule has 39 heavy (non-hydrogen) atoms. The molecular weight excluding hydrogens is 560 g/mol. The Morgan fingerprint density at radius 2 is 1.87 bits per heavy atom. The summed E-state index contributed by atoms with van der Waals surface area (Å²) in [5.74, 6) is -0.0515. The van der Waals surface area contributed by atoms with Crippen LogP contribution in [0.15, 0.2) is 76.1 Å². The van der Waals surface area contributed by atoms with Crippen LogP contribution in [0, 0.1) is 6.92 Å². The Labute approximate surface area is 235 Å². The van der Waals surface area contributed by atoms with Crippen molar-refractivity contribution < 1.29 is 14.3 Å². The Balaban J connectivity index is 1.39. The lowest BCUT2D eigenvalue weighted by Crippen LogP contribution is -2.18. The molecule has 1 heterocycles. The van der Waals surface area contributed by atoms with Crippen LogP contribution in [-0.4, -0.2) is 31.0 Å². The van der Waals surface area contributed by atoms with Crippen molar-refractivity contribution in [1.82, 2.24) is 10.3 Å². The summed E-state index contributed by atoms with van der Waals surface area (Å²) in [5.41, 5.74) is 4.98. The number of hydrogen-bond donors (Lipinski definition) is 4. The van der Waals surface area contributed by atoms with Gasteiger partial charge in [0.1, 0.15) is 12.3 Å². The van der Waals surface area contributed by atoms with Crippen LogP contribution in [-0.2, 0) is 16.1 Å². The van der Waals surface area contributed by atoms with Gasteiger partial charge in [-0.15, -0.1) is 0 Å². The number of carbonyl (C=O) groups excluding carboxylic acids is 2. The quantitative estimate of drug-likeness (QED) is 0.168. The van der Waals surface area contributed by atoms with Crippen molar-refractivity contribution in [2.75, 3.05) is 24.3 Å². The number of nitrogens with one attached hydrogen (secondary N) is 4. The molecule has 1 aromatic heterocycles. The van der Waals surface area contributed by atoms with Gasteiger partial charge < -0.3 is 25.1 Å². The number of rotatable bonds is 10. The number of hydrogen-bond acceptors (Lipinski definition) is 6. The number of halogens is 1. The number of carbonyl (C=O) groups is 2. The summed E-state index contributed by atoms with van der Waals surface area (Å²) in [6, 6.07) is 18.1. The number of anilines is 2. The van der Waals surface area contributed by atoms with E-state index in [1.807, 2.05) is 75.5 Å². The van der Waals surface area contributed by atoms with E-state index in [2.05, 4.69) is 36.9 Å². The molecule has 3 aromatic carbocycles. The van der Waals surface area contributed by atoms with Crippen LogP contribution in [0.4, 0.5) is 16.2 Å². The average Bonchev–Trinajstić information content (AvgIpc) is 2.92. The third-order valence-electron chi connectivity index (χ3n) is 6.54.